The van der Waals surface area contributed by atoms with E-state index in [4.69, 9.17) is 30.9 Å². The molecule has 0 radical (unpaired) electrons. The summed E-state index contributed by atoms with van der Waals surface area (Å²) in [5.74, 6) is -4.69. The average molecular weight is 1520 g/mol. The Morgan fingerprint density at radius 1 is 0.481 bits per heavy atom. The maximum absolute atomic E-state index is 15.5. The normalized spacial score (nSPS) is 27.6. The number of fused-ring (bicyclic) bond motifs is 3. The van der Waals surface area contributed by atoms with Gasteiger partial charge in [0.15, 0.2) is 11.6 Å². The second kappa shape index (κ2) is 28.7. The molecule has 36 heteroatoms. The minimum atomic E-state index is -3.09. The summed E-state index contributed by atoms with van der Waals surface area (Å²) >= 11 is 0. The van der Waals surface area contributed by atoms with Crippen LogP contribution >= 0.6 is 0 Å². The first kappa shape index (κ1) is 79.6. The number of esters is 2. The zero-order valence-corrected chi connectivity index (χ0v) is 62.5. The Bertz CT molecular complexity index is 4740. The van der Waals surface area contributed by atoms with Crippen molar-refractivity contribution < 1.29 is 81.5 Å². The quantitative estimate of drug-likeness (QED) is 0.0496. The zero-order chi connectivity index (χ0) is 77.1. The molecule has 0 amide bonds. The van der Waals surface area contributed by atoms with Gasteiger partial charge < -0.3 is 30.4 Å². The predicted molar refractivity (Wildman–Crippen MR) is 374 cm³/mol. The summed E-state index contributed by atoms with van der Waals surface area (Å²) in [5.41, 5.74) is 7.20. The van der Waals surface area contributed by atoms with Gasteiger partial charge in [-0.2, -0.15) is 17.6 Å². The molecule has 0 aliphatic carbocycles. The third-order valence-electron chi connectivity index (χ3n) is 18.9. The van der Waals surface area contributed by atoms with Crippen LogP contribution in [0.4, 0.5) is 36.6 Å². The summed E-state index contributed by atoms with van der Waals surface area (Å²) in [6, 6.07) is 7.60. The maximum atomic E-state index is 15.5. The fourth-order valence-corrected chi connectivity index (χ4v) is 23.1. The van der Waals surface area contributed by atoms with Crippen LogP contribution in [0, 0.1) is 17.5 Å². The number of amidine groups is 1. The minimum absolute atomic E-state index is 0.0320. The Morgan fingerprint density at radius 2 is 0.817 bits per heavy atom. The van der Waals surface area contributed by atoms with Crippen LogP contribution in [0.2, 0.25) is 0 Å². The summed E-state index contributed by atoms with van der Waals surface area (Å²) in [6.45, 7) is 20.8. The summed E-state index contributed by atoms with van der Waals surface area (Å²) in [5, 5.41) is -1.84. The molecule has 5 aromatic heterocycles. The van der Waals surface area contributed by atoms with Gasteiger partial charge in [0.05, 0.1) is 105 Å². The number of aromatic nitrogens is 7. The largest absolute Gasteiger partial charge is 0.460 e. The van der Waals surface area contributed by atoms with Gasteiger partial charge >= 0.3 is 25.2 Å². The van der Waals surface area contributed by atoms with E-state index in [0.29, 0.717) is 38.1 Å². The van der Waals surface area contributed by atoms with Crippen LogP contribution in [0.25, 0.3) is 0 Å². The number of hydrogen-bond donors (Lipinski definition) is 2. The topological polar surface area (TPSA) is 373 Å². The number of anilines is 1. The third-order valence-corrected chi connectivity index (χ3v) is 30.0. The number of Topliss-reactive ketones (excluding diaryl/α,β-unsaturated/α-hetero) is 2. The number of carbonyl (C=O) groups is 4. The Kier molecular flexibility index (Phi) is 22.0. The number of ketones is 2. The van der Waals surface area contributed by atoms with Crippen LogP contribution in [0.1, 0.15) is 185 Å². The SMILES string of the molecule is CC(C)(C)OC(=O)CC1=N[C@](C)(c2nc(CC(=O)c3cnc(OC(F)F)cn3)ccc2F)[C@H]2CCN=[S@@]2(=O)C1(C)C.CC(C)(C)OC(=O)CC1=N[C@](C)(c2nc(N)ccc2F)[C@H]2CCN=[S@@]2(=O)C1(C)C.CC1(C)C(N)=N[C@](C)(c2nc(CC(=O)c3cnc(OC(F)F)cn3)ccc2F)[C@H]2CCN=[S@]21=O. The fourth-order valence-electron chi connectivity index (χ4n) is 13.5. The molecule has 9 atom stereocenters. The fraction of sp³-hybridized carbons (Fsp3) is 0.559. The van der Waals surface area contributed by atoms with E-state index < -0.39 is 153 Å². The molecule has 0 spiro atoms. The van der Waals surface area contributed by atoms with Gasteiger partial charge in [0, 0.05) is 42.4 Å². The van der Waals surface area contributed by atoms with Crippen molar-refractivity contribution in [1.82, 2.24) is 34.9 Å². The summed E-state index contributed by atoms with van der Waals surface area (Å²) < 4.78 is 166. The number of aliphatic imine (C=N–C) groups is 3. The van der Waals surface area contributed by atoms with E-state index in [-0.39, 0.29) is 89.5 Å². The van der Waals surface area contributed by atoms with Gasteiger partial charge in [-0.1, -0.05) is 0 Å². The van der Waals surface area contributed by atoms with E-state index in [1.807, 2.05) is 0 Å². The summed E-state index contributed by atoms with van der Waals surface area (Å²) in [4.78, 5) is 92.9. The monoisotopic (exact) mass is 1520 g/mol. The van der Waals surface area contributed by atoms with E-state index >= 15 is 8.78 Å². The lowest BCUT2D eigenvalue weighted by atomic mass is 9.88. The van der Waals surface area contributed by atoms with Gasteiger partial charge in [-0.05, 0) is 160 Å². The molecule has 104 heavy (non-hydrogen) atoms. The lowest BCUT2D eigenvalue weighted by Crippen LogP contribution is -2.58. The second-order valence-corrected chi connectivity index (χ2v) is 38.4. The molecule has 26 nitrogen and oxygen atoms in total. The minimum Gasteiger partial charge on any atom is -0.460 e. The van der Waals surface area contributed by atoms with Crippen LogP contribution in [-0.2, 0) is 77.7 Å². The molecule has 11 heterocycles. The van der Waals surface area contributed by atoms with Crippen molar-refractivity contribution in [3.05, 3.63) is 118 Å². The zero-order valence-electron chi connectivity index (χ0n) is 60.1. The molecule has 0 aromatic carbocycles. The number of alkyl halides is 4. The molecule has 0 saturated heterocycles. The molecule has 6 aliphatic rings. The van der Waals surface area contributed by atoms with Crippen LogP contribution in [0.15, 0.2) is 89.3 Å². The molecule has 0 fully saturated rings. The first-order chi connectivity index (χ1) is 48.0. The lowest BCUT2D eigenvalue weighted by Gasteiger charge is -2.45. The Hall–Kier alpha value is -8.54. The Labute approximate surface area is 598 Å². The van der Waals surface area contributed by atoms with Crippen LogP contribution in [0.5, 0.6) is 11.8 Å². The van der Waals surface area contributed by atoms with Crippen molar-refractivity contribution >= 4 is 75.8 Å². The van der Waals surface area contributed by atoms with Gasteiger partial charge in [0.2, 0.25) is 11.8 Å². The third kappa shape index (κ3) is 15.4. The lowest BCUT2D eigenvalue weighted by molar-refractivity contribution is -0.154. The molecule has 0 saturated carbocycles. The first-order valence-electron chi connectivity index (χ1n) is 33.0. The average Bonchev–Trinajstić information content (AvgIpc) is 1.40. The highest BCUT2D eigenvalue weighted by molar-refractivity contribution is 7.97. The van der Waals surface area contributed by atoms with E-state index in [9.17, 15) is 53.8 Å². The number of hydrogen-bond acceptors (Lipinski definition) is 26. The molecular weight excluding hydrogens is 1430 g/mol. The Morgan fingerprint density at radius 3 is 1.15 bits per heavy atom. The van der Waals surface area contributed by atoms with E-state index in [1.165, 1.54) is 30.3 Å². The number of nitrogens with zero attached hydrogens (tertiary/aromatic N) is 13. The van der Waals surface area contributed by atoms with Gasteiger partial charge in [0.1, 0.15) is 90.1 Å². The number of halogens is 7. The highest BCUT2D eigenvalue weighted by atomic mass is 32.2. The predicted octanol–water partition coefficient (Wildman–Crippen LogP) is 10.3. The van der Waals surface area contributed by atoms with E-state index in [1.54, 1.807) is 104 Å². The summed E-state index contributed by atoms with van der Waals surface area (Å²) in [7, 11) is -8.78. The van der Waals surface area contributed by atoms with Crippen LogP contribution in [-0.4, -0.2) is 162 Å². The number of pyridine rings is 3. The second-order valence-electron chi connectivity index (χ2n) is 29.5. The smallest absolute Gasteiger partial charge is 0.388 e. The molecule has 11 rings (SSSR count). The van der Waals surface area contributed by atoms with Crippen molar-refractivity contribution in [3.63, 3.8) is 0 Å². The highest BCUT2D eigenvalue weighted by Gasteiger charge is 2.61. The van der Waals surface area contributed by atoms with Gasteiger partial charge in [0.25, 0.3) is 0 Å². The number of carbonyl (C=O) groups excluding carboxylic acids is 4. The van der Waals surface area contributed by atoms with Gasteiger partial charge in [-0.15, -0.1) is 0 Å². The molecule has 6 aliphatic heterocycles. The standard InChI is InChI=1S/C27H32F3N5O5S.C21H23F3N6O3S.C20H29FN4O3S/c1-25(2,3)40-22(37)12-19-26(4,5)41(38)20(9-10-33-41)27(6,35-19)23-16(28)8-7-15(34-23)11-18(36)17-13-32-21(14-31-17)39-24(29)30;1-20(2)18(25)30-21(3,15-6-7-28-34(15,20)32)17-12(22)5-4-11(29-17)8-14(31)13-9-27-16(10-26-13)33-19(23)24;1-18(2,3)28-16(26)11-13-19(4,5)29(27)14(9-10-23-29)20(6,25-13)17-12(21)7-8-15(22)24-17/h7-8,13-14,20,24H,9-12H2,1-6H3;4-5,9-10,15,19H,6-8H2,1-3H3,(H2,25,30);7-8,14H,9-11H2,1-6H3,(H2,22,24)/t20-,27+,41+;15-,21+,34+;14-,20+,29+/m111/s1. The van der Waals surface area contributed by atoms with Crippen molar-refractivity contribution in [3.8, 4) is 11.8 Å². The number of ether oxygens (including phenoxy) is 4. The number of rotatable bonds is 17. The molecule has 0 bridgehead atoms. The van der Waals surface area contributed by atoms with Crippen molar-refractivity contribution in [1.29, 1.82) is 0 Å². The van der Waals surface area contributed by atoms with Gasteiger partial charge in [-0.3, -0.25) is 44.1 Å². The molecular formula is C68H84F7N15O11S3. The van der Waals surface area contributed by atoms with E-state index in [2.05, 4.69) is 62.4 Å². The Balaban J connectivity index is 0.000000184. The highest BCUT2D eigenvalue weighted by Crippen LogP contribution is 2.52. The van der Waals surface area contributed by atoms with Crippen molar-refractivity contribution in [2.75, 3.05) is 25.4 Å². The number of nitrogens with two attached hydrogens (primary N) is 2. The molecule has 5 aromatic rings. The van der Waals surface area contributed by atoms with Crippen molar-refractivity contribution in [2.45, 2.75) is 220 Å². The van der Waals surface area contributed by atoms with Crippen LogP contribution < -0.4 is 20.9 Å². The molecule has 0 unspecified atom stereocenters. The maximum Gasteiger partial charge on any atom is 0.388 e. The van der Waals surface area contributed by atoms with Gasteiger partial charge in [-0.25, -0.2) is 63.8 Å². The molecule has 564 valence electrons. The van der Waals surface area contributed by atoms with Crippen molar-refractivity contribution in [2.24, 2.45) is 33.8 Å². The summed E-state index contributed by atoms with van der Waals surface area (Å²) in [6.07, 6.45) is 4.13. The van der Waals surface area contributed by atoms with Crippen LogP contribution in [0.3, 0.4) is 0 Å². The molecule has 4 N–H and O–H groups in total. The number of nitrogen functional groups attached to an aromatic ring is 1. The first-order valence-corrected chi connectivity index (χ1v) is 37.7. The van der Waals surface area contributed by atoms with E-state index in [0.717, 1.165) is 30.9 Å².